The summed E-state index contributed by atoms with van der Waals surface area (Å²) in [5, 5.41) is 3.01. The second-order valence-electron chi connectivity index (χ2n) is 5.85. The molecule has 1 N–H and O–H groups in total. The Morgan fingerprint density at radius 2 is 2.00 bits per heavy atom. The maximum absolute atomic E-state index is 12.6. The molecule has 0 aliphatic rings. The van der Waals surface area contributed by atoms with E-state index in [1.165, 1.54) is 15.1 Å². The van der Waals surface area contributed by atoms with Gasteiger partial charge in [0.25, 0.3) is 5.91 Å². The Morgan fingerprint density at radius 1 is 1.26 bits per heavy atom. The van der Waals surface area contributed by atoms with E-state index in [-0.39, 0.29) is 11.9 Å². The maximum atomic E-state index is 12.6. The fourth-order valence-corrected chi connectivity index (χ4v) is 3.89. The van der Waals surface area contributed by atoms with Gasteiger partial charge in [-0.15, -0.1) is 11.3 Å². The first-order chi connectivity index (χ1) is 11.1. The summed E-state index contributed by atoms with van der Waals surface area (Å²) in [5.41, 5.74) is 3.10. The van der Waals surface area contributed by atoms with Crippen molar-refractivity contribution in [2.24, 2.45) is 0 Å². The number of nitrogens with zero attached hydrogens (tertiary/aromatic N) is 1. The maximum Gasteiger partial charge on any atom is 0.267 e. The molecule has 0 bridgehead atoms. The number of fused-ring (bicyclic) bond motifs is 1. The minimum Gasteiger partial charge on any atom is -0.351 e. The molecular formula is C19H22N2OS. The number of aromatic nitrogens is 1. The molecule has 23 heavy (non-hydrogen) atoms. The Labute approximate surface area is 140 Å². The van der Waals surface area contributed by atoms with Gasteiger partial charge in [0.15, 0.2) is 0 Å². The lowest BCUT2D eigenvalue weighted by molar-refractivity contribution is 0.0944. The van der Waals surface area contributed by atoms with Crippen molar-refractivity contribution < 1.29 is 4.79 Å². The monoisotopic (exact) mass is 326 g/mol. The van der Waals surface area contributed by atoms with Crippen molar-refractivity contribution in [1.29, 1.82) is 0 Å². The van der Waals surface area contributed by atoms with Crippen LogP contribution in [0.25, 0.3) is 10.2 Å². The summed E-state index contributed by atoms with van der Waals surface area (Å²) in [6.45, 7) is 7.03. The summed E-state index contributed by atoms with van der Waals surface area (Å²) >= 11 is 1.74. The Bertz CT molecular complexity index is 817. The third kappa shape index (κ3) is 3.04. The van der Waals surface area contributed by atoms with Crippen molar-refractivity contribution in [3.05, 3.63) is 58.6 Å². The van der Waals surface area contributed by atoms with Crippen LogP contribution in [0.2, 0.25) is 0 Å². The standard InChI is InChI=1S/C19H22N2OS/c1-4-10-20-19(22)17-12-18-16(11-13(2)23-18)21(17)14(3)15-8-6-5-7-9-15/h5-9,11-12,14H,4,10H2,1-3H3,(H,20,22)/t14-/m1/s1. The van der Waals surface area contributed by atoms with E-state index >= 15 is 0 Å². The Morgan fingerprint density at radius 3 is 2.70 bits per heavy atom. The molecule has 0 saturated carbocycles. The topological polar surface area (TPSA) is 34.0 Å². The average Bonchev–Trinajstić information content (AvgIpc) is 3.08. The van der Waals surface area contributed by atoms with Gasteiger partial charge in [-0.2, -0.15) is 0 Å². The second kappa shape index (κ2) is 6.59. The van der Waals surface area contributed by atoms with Crippen LogP contribution in [0, 0.1) is 6.92 Å². The van der Waals surface area contributed by atoms with Crippen molar-refractivity contribution >= 4 is 27.5 Å². The van der Waals surface area contributed by atoms with E-state index in [4.69, 9.17) is 0 Å². The van der Waals surface area contributed by atoms with E-state index < -0.39 is 0 Å². The van der Waals surface area contributed by atoms with E-state index in [2.05, 4.69) is 48.9 Å². The predicted octanol–water partition coefficient (Wildman–Crippen LogP) is 4.76. The van der Waals surface area contributed by atoms with Crippen LogP contribution in [-0.2, 0) is 0 Å². The Balaban J connectivity index is 2.10. The van der Waals surface area contributed by atoms with E-state index in [0.29, 0.717) is 6.54 Å². The van der Waals surface area contributed by atoms with Gasteiger partial charge in [0.2, 0.25) is 0 Å². The zero-order valence-electron chi connectivity index (χ0n) is 13.8. The smallest absolute Gasteiger partial charge is 0.267 e. The highest BCUT2D eigenvalue weighted by Gasteiger charge is 2.21. The minimum atomic E-state index is 0.00989. The quantitative estimate of drug-likeness (QED) is 0.720. The van der Waals surface area contributed by atoms with Gasteiger partial charge < -0.3 is 9.88 Å². The number of hydrogen-bond acceptors (Lipinski definition) is 2. The van der Waals surface area contributed by atoms with Crippen molar-refractivity contribution in [1.82, 2.24) is 9.88 Å². The number of rotatable bonds is 5. The van der Waals surface area contributed by atoms with Crippen molar-refractivity contribution in [2.75, 3.05) is 6.54 Å². The van der Waals surface area contributed by atoms with Crippen LogP contribution in [0.15, 0.2) is 42.5 Å². The fourth-order valence-electron chi connectivity index (χ4n) is 2.94. The number of hydrogen-bond donors (Lipinski definition) is 1. The number of amides is 1. The lowest BCUT2D eigenvalue weighted by atomic mass is 10.1. The Hall–Kier alpha value is -2.07. The van der Waals surface area contributed by atoms with Crippen LogP contribution in [0.5, 0.6) is 0 Å². The molecule has 1 amide bonds. The lowest BCUT2D eigenvalue weighted by Gasteiger charge is -2.19. The number of aryl methyl sites for hydroxylation is 1. The molecule has 3 rings (SSSR count). The highest BCUT2D eigenvalue weighted by molar-refractivity contribution is 7.19. The molecule has 0 spiro atoms. The van der Waals surface area contributed by atoms with E-state index in [0.717, 1.165) is 17.6 Å². The molecule has 1 atom stereocenters. The van der Waals surface area contributed by atoms with Crippen LogP contribution >= 0.6 is 11.3 Å². The first kappa shape index (κ1) is 15.8. The van der Waals surface area contributed by atoms with Crippen LogP contribution in [-0.4, -0.2) is 17.0 Å². The van der Waals surface area contributed by atoms with Crippen LogP contribution in [0.4, 0.5) is 0 Å². The molecule has 0 radical (unpaired) electrons. The highest BCUT2D eigenvalue weighted by atomic mass is 32.1. The minimum absolute atomic E-state index is 0.00989. The van der Waals surface area contributed by atoms with Gasteiger partial charge >= 0.3 is 0 Å². The summed E-state index contributed by atoms with van der Waals surface area (Å²) in [6.07, 6.45) is 0.939. The van der Waals surface area contributed by atoms with Gasteiger partial charge in [-0.1, -0.05) is 37.3 Å². The normalized spacial score (nSPS) is 12.5. The zero-order valence-corrected chi connectivity index (χ0v) is 14.6. The van der Waals surface area contributed by atoms with Gasteiger partial charge in [0.05, 0.1) is 16.3 Å². The molecule has 2 aromatic heterocycles. The van der Waals surface area contributed by atoms with E-state index in [9.17, 15) is 4.79 Å². The number of carbonyl (C=O) groups is 1. The molecule has 0 saturated heterocycles. The predicted molar refractivity (Wildman–Crippen MR) is 97.4 cm³/mol. The molecule has 0 fully saturated rings. The molecule has 1 aromatic carbocycles. The number of thiophene rings is 1. The highest BCUT2D eigenvalue weighted by Crippen LogP contribution is 2.33. The molecule has 3 aromatic rings. The van der Waals surface area contributed by atoms with Gasteiger partial charge in [-0.25, -0.2) is 0 Å². The summed E-state index contributed by atoms with van der Waals surface area (Å²) in [5.74, 6) is 0.00989. The van der Waals surface area contributed by atoms with Crippen molar-refractivity contribution in [3.8, 4) is 0 Å². The Kier molecular flexibility index (Phi) is 4.53. The van der Waals surface area contributed by atoms with Crippen molar-refractivity contribution in [3.63, 3.8) is 0 Å². The number of nitrogens with one attached hydrogen (secondary N) is 1. The van der Waals surface area contributed by atoms with Crippen LogP contribution in [0.3, 0.4) is 0 Å². The number of benzene rings is 1. The van der Waals surface area contributed by atoms with Gasteiger partial charge in [-0.3, -0.25) is 4.79 Å². The molecule has 120 valence electrons. The lowest BCUT2D eigenvalue weighted by Crippen LogP contribution is -2.27. The van der Waals surface area contributed by atoms with Gasteiger partial charge in [-0.05, 0) is 38.0 Å². The molecule has 0 unspecified atom stereocenters. The van der Waals surface area contributed by atoms with Gasteiger partial charge in [0.1, 0.15) is 5.69 Å². The molecule has 0 aliphatic heterocycles. The average molecular weight is 326 g/mol. The zero-order chi connectivity index (χ0) is 16.4. The molecule has 4 heteroatoms. The van der Waals surface area contributed by atoms with Gasteiger partial charge in [0, 0.05) is 11.4 Å². The first-order valence-corrected chi connectivity index (χ1v) is 8.88. The molecule has 2 heterocycles. The van der Waals surface area contributed by atoms with Crippen molar-refractivity contribution in [2.45, 2.75) is 33.2 Å². The van der Waals surface area contributed by atoms with E-state index in [1.807, 2.05) is 24.3 Å². The summed E-state index contributed by atoms with van der Waals surface area (Å²) in [6, 6.07) is 14.7. The fraction of sp³-hybridized carbons (Fsp3) is 0.316. The first-order valence-electron chi connectivity index (χ1n) is 8.06. The third-order valence-electron chi connectivity index (χ3n) is 4.09. The van der Waals surface area contributed by atoms with Crippen LogP contribution < -0.4 is 5.32 Å². The third-order valence-corrected chi connectivity index (χ3v) is 5.07. The molecule has 0 aliphatic carbocycles. The molecule has 3 nitrogen and oxygen atoms in total. The van der Waals surface area contributed by atoms with Crippen LogP contribution in [0.1, 0.15) is 47.2 Å². The summed E-state index contributed by atoms with van der Waals surface area (Å²) < 4.78 is 3.34. The number of carbonyl (C=O) groups excluding carboxylic acids is 1. The SMILES string of the molecule is CCCNC(=O)c1cc2sc(C)cc2n1[C@H](C)c1ccccc1. The second-order valence-corrected chi connectivity index (χ2v) is 7.14. The molecular weight excluding hydrogens is 304 g/mol. The summed E-state index contributed by atoms with van der Waals surface area (Å²) in [7, 11) is 0. The summed E-state index contributed by atoms with van der Waals surface area (Å²) in [4.78, 5) is 13.9. The van der Waals surface area contributed by atoms with E-state index in [1.54, 1.807) is 11.3 Å². The largest absolute Gasteiger partial charge is 0.351 e.